The zero-order valence-corrected chi connectivity index (χ0v) is 41.7. The summed E-state index contributed by atoms with van der Waals surface area (Å²) in [7, 11) is 0. The van der Waals surface area contributed by atoms with E-state index in [1.54, 1.807) is 92.7 Å². The van der Waals surface area contributed by atoms with Crippen LogP contribution in [0.15, 0.2) is 126 Å². The van der Waals surface area contributed by atoms with E-state index in [0.29, 0.717) is 55.2 Å². The van der Waals surface area contributed by atoms with Crippen LogP contribution in [-0.2, 0) is 67.6 Å². The molecule has 1 heterocycles. The van der Waals surface area contributed by atoms with Crippen molar-refractivity contribution in [3.63, 3.8) is 0 Å². The molecule has 6 rings (SSSR count). The Morgan fingerprint density at radius 2 is 1.32 bits per heavy atom. The number of rotatable bonds is 29. The van der Waals surface area contributed by atoms with Crippen LogP contribution in [0.5, 0.6) is 5.75 Å². The lowest BCUT2D eigenvalue weighted by Crippen LogP contribution is -2.49. The number of esters is 3. The van der Waals surface area contributed by atoms with Gasteiger partial charge in [0.1, 0.15) is 37.4 Å². The summed E-state index contributed by atoms with van der Waals surface area (Å²) in [6.45, 7) is 4.37. The molecule has 390 valence electrons. The van der Waals surface area contributed by atoms with E-state index in [2.05, 4.69) is 16.0 Å². The highest BCUT2D eigenvalue weighted by atomic mass is 16.7. The van der Waals surface area contributed by atoms with E-state index in [1.165, 1.54) is 30.3 Å². The molecule has 1 aliphatic rings. The highest BCUT2D eigenvalue weighted by molar-refractivity contribution is 6.00. The number of carbonyl (C=O) groups excluding carboxylic acids is 8. The largest absolute Gasteiger partial charge is 0.481 e. The molecule has 0 spiro atoms. The number of nitrogens with zero attached hydrogens (tertiary/aromatic N) is 1. The summed E-state index contributed by atoms with van der Waals surface area (Å²) in [5.41, 5.74) is 1.62. The molecular formula is C56H62N4O14. The molecule has 0 aliphatic heterocycles. The molecule has 1 fully saturated rings. The van der Waals surface area contributed by atoms with Gasteiger partial charge < -0.3 is 44.2 Å². The van der Waals surface area contributed by atoms with Gasteiger partial charge >= 0.3 is 23.9 Å². The van der Waals surface area contributed by atoms with Crippen LogP contribution in [0.3, 0.4) is 0 Å². The number of benzene rings is 4. The van der Waals surface area contributed by atoms with Gasteiger partial charge in [0.05, 0.1) is 36.0 Å². The normalized spacial score (nSPS) is 13.4. The van der Waals surface area contributed by atoms with Gasteiger partial charge in [0, 0.05) is 5.56 Å². The van der Waals surface area contributed by atoms with Gasteiger partial charge in [-0.05, 0) is 73.6 Å². The number of hydroxylamine groups is 2. The first-order valence-electron chi connectivity index (χ1n) is 24.6. The van der Waals surface area contributed by atoms with Crippen LogP contribution in [0.25, 0.3) is 11.3 Å². The van der Waals surface area contributed by atoms with E-state index < -0.39 is 78.0 Å². The Bertz CT molecular complexity index is 2690. The molecule has 0 saturated heterocycles. The maximum atomic E-state index is 14.1. The van der Waals surface area contributed by atoms with Crippen molar-refractivity contribution in [1.29, 1.82) is 0 Å². The Labute approximate surface area is 429 Å². The van der Waals surface area contributed by atoms with Gasteiger partial charge in [0.15, 0.2) is 12.4 Å². The molecular weight excluding hydrogens is 953 g/mol. The van der Waals surface area contributed by atoms with Crippen LogP contribution in [0.4, 0.5) is 0 Å². The molecule has 4 aromatic carbocycles. The quantitative estimate of drug-likeness (QED) is 0.0105. The molecule has 0 radical (unpaired) electrons. The van der Waals surface area contributed by atoms with Gasteiger partial charge in [-0.15, -0.1) is 0 Å². The predicted molar refractivity (Wildman–Crippen MR) is 268 cm³/mol. The zero-order chi connectivity index (χ0) is 52.9. The number of furan rings is 1. The molecule has 0 bridgehead atoms. The Morgan fingerprint density at radius 3 is 1.91 bits per heavy atom. The standard InChI is InChI=1S/C56H62N4O14/c1-4-6-10-23-42(45(5-2)60(37-61)74-55(68)56(3)28-29-56)51(64)57-36-58-53(66)47-27-26-46(73-47)41-24-25-43(48(30-41)69-35-50(63)71-33-39-19-13-8-14-20-39)52(65)59-44(54(67)72-34-40-21-15-9-16-22-40)31-49(62)70-32-38-17-11-7-12-18-38/h7-9,11-22,24-27,30,37,42,44-45H,4-6,10,23,28-29,31-36H2,1-3H3,(H,57,64)(H,58,66)(H,59,65). The van der Waals surface area contributed by atoms with Gasteiger partial charge in [0.2, 0.25) is 12.3 Å². The fraction of sp³-hybridized carbons (Fsp3) is 0.357. The molecule has 1 aliphatic carbocycles. The Morgan fingerprint density at radius 1 is 0.716 bits per heavy atom. The van der Waals surface area contributed by atoms with Crippen LogP contribution in [0.2, 0.25) is 0 Å². The average molecular weight is 1020 g/mol. The van der Waals surface area contributed by atoms with Gasteiger partial charge in [-0.3, -0.25) is 24.0 Å². The number of carbonyl (C=O) groups is 8. The van der Waals surface area contributed by atoms with Crippen molar-refractivity contribution in [2.24, 2.45) is 11.3 Å². The third-order valence-electron chi connectivity index (χ3n) is 12.3. The number of amides is 4. The predicted octanol–water partition coefficient (Wildman–Crippen LogP) is 7.54. The summed E-state index contributed by atoms with van der Waals surface area (Å²) in [6.07, 6.45) is 4.26. The molecule has 4 amide bonds. The van der Waals surface area contributed by atoms with E-state index >= 15 is 0 Å². The third kappa shape index (κ3) is 16.4. The number of nitrogens with one attached hydrogen (secondary N) is 3. The van der Waals surface area contributed by atoms with Gasteiger partial charge in [-0.2, -0.15) is 5.06 Å². The topological polar surface area (TPSA) is 235 Å². The van der Waals surface area contributed by atoms with Gasteiger partial charge in [-0.1, -0.05) is 130 Å². The van der Waals surface area contributed by atoms with Crippen molar-refractivity contribution in [2.45, 2.75) is 104 Å². The maximum Gasteiger partial charge on any atom is 0.344 e. The summed E-state index contributed by atoms with van der Waals surface area (Å²) in [6, 6.07) is 31.6. The Balaban J connectivity index is 1.16. The number of ether oxygens (including phenoxy) is 4. The van der Waals surface area contributed by atoms with Crippen LogP contribution >= 0.6 is 0 Å². The highest BCUT2D eigenvalue weighted by Gasteiger charge is 2.48. The summed E-state index contributed by atoms with van der Waals surface area (Å²) in [4.78, 5) is 111. The lowest BCUT2D eigenvalue weighted by Gasteiger charge is -2.32. The second kappa shape index (κ2) is 27.5. The van der Waals surface area contributed by atoms with Crippen LogP contribution in [-0.4, -0.2) is 78.4 Å². The molecule has 18 nitrogen and oxygen atoms in total. The summed E-state index contributed by atoms with van der Waals surface area (Å²) < 4.78 is 28.2. The van der Waals surface area contributed by atoms with Crippen LogP contribution in [0.1, 0.15) is 110 Å². The molecule has 3 atom stereocenters. The zero-order valence-electron chi connectivity index (χ0n) is 41.7. The second-order valence-corrected chi connectivity index (χ2v) is 18.0. The fourth-order valence-electron chi connectivity index (χ4n) is 7.69. The average Bonchev–Trinajstić information content (AvgIpc) is 3.98. The molecule has 1 aromatic heterocycles. The van der Waals surface area contributed by atoms with Crippen molar-refractivity contribution >= 4 is 48.0 Å². The molecule has 1 saturated carbocycles. The lowest BCUT2D eigenvalue weighted by molar-refractivity contribution is -0.208. The van der Waals surface area contributed by atoms with Gasteiger partial charge in [0.25, 0.3) is 11.8 Å². The van der Waals surface area contributed by atoms with E-state index in [0.717, 1.165) is 23.5 Å². The number of hydrogen-bond donors (Lipinski definition) is 3. The summed E-state index contributed by atoms with van der Waals surface area (Å²) in [5.74, 6) is -5.88. The fourth-order valence-corrected chi connectivity index (χ4v) is 7.69. The van der Waals surface area contributed by atoms with E-state index in [9.17, 15) is 38.4 Å². The lowest BCUT2D eigenvalue weighted by atomic mass is 9.90. The smallest absolute Gasteiger partial charge is 0.344 e. The third-order valence-corrected chi connectivity index (χ3v) is 12.3. The van der Waals surface area contributed by atoms with Gasteiger partial charge in [-0.25, -0.2) is 14.4 Å². The minimum atomic E-state index is -1.51. The molecule has 5 aromatic rings. The minimum Gasteiger partial charge on any atom is -0.481 e. The van der Waals surface area contributed by atoms with Crippen molar-refractivity contribution in [1.82, 2.24) is 21.0 Å². The minimum absolute atomic E-state index is 0.0429. The van der Waals surface area contributed by atoms with Crippen molar-refractivity contribution in [3.8, 4) is 17.1 Å². The molecule has 18 heteroatoms. The summed E-state index contributed by atoms with van der Waals surface area (Å²) in [5, 5.41) is 8.84. The summed E-state index contributed by atoms with van der Waals surface area (Å²) >= 11 is 0. The maximum absolute atomic E-state index is 14.1. The molecule has 74 heavy (non-hydrogen) atoms. The number of unbranched alkanes of at least 4 members (excludes halogenated alkanes) is 2. The van der Waals surface area contributed by atoms with Crippen molar-refractivity contribution in [3.05, 3.63) is 149 Å². The first-order valence-corrected chi connectivity index (χ1v) is 24.6. The Hall–Kier alpha value is -8.28. The highest BCUT2D eigenvalue weighted by Crippen LogP contribution is 2.46. The monoisotopic (exact) mass is 1010 g/mol. The van der Waals surface area contributed by atoms with Crippen molar-refractivity contribution < 1.29 is 66.6 Å². The van der Waals surface area contributed by atoms with E-state index in [1.807, 2.05) is 19.1 Å². The Kier molecular flexibility index (Phi) is 20.5. The van der Waals surface area contributed by atoms with Crippen LogP contribution in [0, 0.1) is 11.3 Å². The van der Waals surface area contributed by atoms with E-state index in [4.69, 9.17) is 28.2 Å². The first-order chi connectivity index (χ1) is 35.8. The van der Waals surface area contributed by atoms with Crippen molar-refractivity contribution in [2.75, 3.05) is 13.3 Å². The second-order valence-electron chi connectivity index (χ2n) is 18.0. The van der Waals surface area contributed by atoms with Crippen LogP contribution < -0.4 is 20.7 Å². The van der Waals surface area contributed by atoms with E-state index in [-0.39, 0.29) is 49.3 Å². The molecule has 3 N–H and O–H groups in total. The number of hydrogen-bond acceptors (Lipinski definition) is 14. The first kappa shape index (κ1) is 55.0. The molecule has 3 unspecified atom stereocenters. The SMILES string of the molecule is CCCCCC(C(=O)NCNC(=O)c1ccc(-c2ccc(C(=O)NC(CC(=O)OCc3ccccc3)C(=O)OCc3ccccc3)c(OCC(=O)OCc3ccccc3)c2)o1)C(CC)N(C=O)OC(=O)C1(C)CC1.